The van der Waals surface area contributed by atoms with Gasteiger partial charge in [-0.25, -0.2) is 0 Å². The number of benzene rings is 1. The first-order valence-corrected chi connectivity index (χ1v) is 5.35. The van der Waals surface area contributed by atoms with E-state index in [1.54, 1.807) is 19.2 Å². The summed E-state index contributed by atoms with van der Waals surface area (Å²) in [6.45, 7) is -0.516. The van der Waals surface area contributed by atoms with Crippen LogP contribution in [0.5, 0.6) is 5.75 Å². The van der Waals surface area contributed by atoms with E-state index in [2.05, 4.69) is 0 Å². The van der Waals surface area contributed by atoms with Crippen molar-refractivity contribution in [3.8, 4) is 5.75 Å². The van der Waals surface area contributed by atoms with Crippen LogP contribution >= 0.6 is 0 Å². The van der Waals surface area contributed by atoms with Crippen molar-refractivity contribution >= 4 is 0 Å². The summed E-state index contributed by atoms with van der Waals surface area (Å²) in [4.78, 5) is 0. The fourth-order valence-corrected chi connectivity index (χ4v) is 1.33. The summed E-state index contributed by atoms with van der Waals surface area (Å²) < 4.78 is 10.3. The van der Waals surface area contributed by atoms with Gasteiger partial charge in [-0.3, -0.25) is 0 Å². The molecule has 0 bridgehead atoms. The van der Waals surface area contributed by atoms with Crippen molar-refractivity contribution in [3.05, 3.63) is 29.8 Å². The third kappa shape index (κ3) is 4.32. The van der Waals surface area contributed by atoms with Crippen molar-refractivity contribution in [2.24, 2.45) is 0 Å². The van der Waals surface area contributed by atoms with Gasteiger partial charge in [0.05, 0.1) is 26.9 Å². The average molecular weight is 242 g/mol. The molecule has 0 saturated heterocycles. The third-order valence-electron chi connectivity index (χ3n) is 2.42. The highest BCUT2D eigenvalue weighted by molar-refractivity contribution is 5.26. The lowest BCUT2D eigenvalue weighted by molar-refractivity contribution is -0.0860. The molecule has 0 aliphatic carbocycles. The normalized spacial score (nSPS) is 14.4. The zero-order valence-electron chi connectivity index (χ0n) is 9.74. The van der Waals surface area contributed by atoms with Crippen LogP contribution in [-0.2, 0) is 11.3 Å². The number of rotatable bonds is 7. The van der Waals surface area contributed by atoms with Gasteiger partial charge < -0.3 is 24.8 Å². The minimum absolute atomic E-state index is 0.256. The molecule has 0 fully saturated rings. The standard InChI is InChI=1S/C12H18O5/c1-16-10-4-2-9(3-5-10)8-17-12(7-14)11(15)6-13/h2-5,11-15H,6-8H2,1H3/t11-,12-/m1/s1. The van der Waals surface area contributed by atoms with E-state index >= 15 is 0 Å². The first-order chi connectivity index (χ1) is 8.21. The molecule has 3 N–H and O–H groups in total. The number of methoxy groups -OCH3 is 1. The predicted octanol–water partition coefficient (Wildman–Crippen LogP) is -0.0741. The zero-order chi connectivity index (χ0) is 12.7. The van der Waals surface area contributed by atoms with Crippen molar-refractivity contribution in [3.63, 3.8) is 0 Å². The summed E-state index contributed by atoms with van der Waals surface area (Å²) >= 11 is 0. The quantitative estimate of drug-likeness (QED) is 0.623. The molecule has 17 heavy (non-hydrogen) atoms. The smallest absolute Gasteiger partial charge is 0.118 e. The van der Waals surface area contributed by atoms with E-state index in [1.165, 1.54) is 0 Å². The Hall–Kier alpha value is -1.14. The first-order valence-electron chi connectivity index (χ1n) is 5.35. The van der Waals surface area contributed by atoms with E-state index in [0.717, 1.165) is 11.3 Å². The minimum atomic E-state index is -1.07. The monoisotopic (exact) mass is 242 g/mol. The molecule has 1 aromatic rings. The second kappa shape index (κ2) is 7.24. The van der Waals surface area contributed by atoms with Gasteiger partial charge >= 0.3 is 0 Å². The second-order valence-corrected chi connectivity index (χ2v) is 3.63. The van der Waals surface area contributed by atoms with E-state index in [-0.39, 0.29) is 13.2 Å². The Morgan fingerprint density at radius 3 is 2.24 bits per heavy atom. The van der Waals surface area contributed by atoms with Crippen molar-refractivity contribution in [2.45, 2.75) is 18.8 Å². The van der Waals surface area contributed by atoms with Crippen LogP contribution in [0.1, 0.15) is 5.56 Å². The fraction of sp³-hybridized carbons (Fsp3) is 0.500. The van der Waals surface area contributed by atoms with Crippen LogP contribution in [0.15, 0.2) is 24.3 Å². The van der Waals surface area contributed by atoms with Crippen LogP contribution in [0.2, 0.25) is 0 Å². The molecule has 0 aliphatic heterocycles. The molecule has 0 amide bonds. The summed E-state index contributed by atoms with van der Waals surface area (Å²) in [5.74, 6) is 0.753. The van der Waals surface area contributed by atoms with E-state index < -0.39 is 18.8 Å². The minimum Gasteiger partial charge on any atom is -0.497 e. The molecule has 0 heterocycles. The maximum Gasteiger partial charge on any atom is 0.118 e. The summed E-state index contributed by atoms with van der Waals surface area (Å²) in [6.07, 6.45) is -1.85. The van der Waals surface area contributed by atoms with Crippen LogP contribution in [0.25, 0.3) is 0 Å². The highest BCUT2D eigenvalue weighted by Gasteiger charge is 2.17. The first kappa shape index (κ1) is 13.9. The van der Waals surface area contributed by atoms with Gasteiger partial charge in [-0.05, 0) is 17.7 Å². The SMILES string of the molecule is COc1ccc(CO[C@H](CO)[C@H](O)CO)cc1. The summed E-state index contributed by atoms with van der Waals surface area (Å²) in [5, 5.41) is 27.0. The van der Waals surface area contributed by atoms with Crippen molar-refractivity contribution in [1.29, 1.82) is 0 Å². The molecular formula is C12H18O5. The van der Waals surface area contributed by atoms with Gasteiger partial charge in [-0.2, -0.15) is 0 Å². The van der Waals surface area contributed by atoms with Gasteiger partial charge in [-0.1, -0.05) is 12.1 Å². The van der Waals surface area contributed by atoms with Gasteiger partial charge in [0.15, 0.2) is 0 Å². The Balaban J connectivity index is 2.47. The maximum absolute atomic E-state index is 9.32. The van der Waals surface area contributed by atoms with Crippen LogP contribution < -0.4 is 4.74 Å². The lowest BCUT2D eigenvalue weighted by atomic mass is 10.2. The van der Waals surface area contributed by atoms with Crippen molar-refractivity contribution < 1.29 is 24.8 Å². The molecule has 5 nitrogen and oxygen atoms in total. The van der Waals surface area contributed by atoms with E-state index in [4.69, 9.17) is 19.7 Å². The molecule has 0 saturated carbocycles. The molecule has 1 aromatic carbocycles. The summed E-state index contributed by atoms with van der Waals surface area (Å²) in [7, 11) is 1.59. The Morgan fingerprint density at radius 2 is 1.76 bits per heavy atom. The van der Waals surface area contributed by atoms with Gasteiger partial charge in [0, 0.05) is 0 Å². The Kier molecular flexibility index (Phi) is 5.93. The fourth-order valence-electron chi connectivity index (χ4n) is 1.33. The van der Waals surface area contributed by atoms with Gasteiger partial charge in [-0.15, -0.1) is 0 Å². The molecule has 0 aliphatic rings. The van der Waals surface area contributed by atoms with Gasteiger partial charge in [0.25, 0.3) is 0 Å². The lowest BCUT2D eigenvalue weighted by Crippen LogP contribution is -2.34. The van der Waals surface area contributed by atoms with Crippen LogP contribution in [0.3, 0.4) is 0 Å². The second-order valence-electron chi connectivity index (χ2n) is 3.63. The number of aliphatic hydroxyl groups is 3. The van der Waals surface area contributed by atoms with Crippen LogP contribution in [-0.4, -0.2) is 47.9 Å². The average Bonchev–Trinajstić information content (AvgIpc) is 2.39. The highest BCUT2D eigenvalue weighted by atomic mass is 16.5. The lowest BCUT2D eigenvalue weighted by Gasteiger charge is -2.19. The molecule has 0 radical (unpaired) electrons. The van der Waals surface area contributed by atoms with Gasteiger partial charge in [0.1, 0.15) is 18.0 Å². The maximum atomic E-state index is 9.32. The van der Waals surface area contributed by atoms with E-state index in [9.17, 15) is 5.11 Å². The topological polar surface area (TPSA) is 79.2 Å². The van der Waals surface area contributed by atoms with Crippen molar-refractivity contribution in [1.82, 2.24) is 0 Å². The zero-order valence-corrected chi connectivity index (χ0v) is 9.74. The Bertz CT molecular complexity index is 311. The van der Waals surface area contributed by atoms with E-state index in [1.807, 2.05) is 12.1 Å². The number of hydrogen-bond acceptors (Lipinski definition) is 5. The van der Waals surface area contributed by atoms with Crippen molar-refractivity contribution in [2.75, 3.05) is 20.3 Å². The molecule has 0 aromatic heterocycles. The predicted molar refractivity (Wildman–Crippen MR) is 61.7 cm³/mol. The third-order valence-corrected chi connectivity index (χ3v) is 2.42. The van der Waals surface area contributed by atoms with E-state index in [0.29, 0.717) is 0 Å². The highest BCUT2D eigenvalue weighted by Crippen LogP contribution is 2.13. The summed E-state index contributed by atoms with van der Waals surface area (Å²) in [5.41, 5.74) is 0.898. The molecule has 0 unspecified atom stereocenters. The van der Waals surface area contributed by atoms with Crippen LogP contribution in [0, 0.1) is 0 Å². The molecular weight excluding hydrogens is 224 g/mol. The molecule has 1 rings (SSSR count). The summed E-state index contributed by atoms with van der Waals surface area (Å²) in [6, 6.07) is 7.27. The number of hydrogen-bond donors (Lipinski definition) is 3. The Morgan fingerprint density at radius 1 is 1.12 bits per heavy atom. The Labute approximate surface area is 100 Å². The van der Waals surface area contributed by atoms with Gasteiger partial charge in [0.2, 0.25) is 0 Å². The molecule has 2 atom stereocenters. The number of aliphatic hydroxyl groups excluding tert-OH is 3. The molecule has 96 valence electrons. The molecule has 5 heteroatoms. The number of ether oxygens (including phenoxy) is 2. The largest absolute Gasteiger partial charge is 0.497 e. The van der Waals surface area contributed by atoms with Crippen LogP contribution in [0.4, 0.5) is 0 Å². The molecule has 0 spiro atoms.